The van der Waals surface area contributed by atoms with Crippen LogP contribution in [0.15, 0.2) is 65.0 Å². The second kappa shape index (κ2) is 6.14. The first kappa shape index (κ1) is 15.5. The Labute approximate surface area is 146 Å². The van der Waals surface area contributed by atoms with E-state index < -0.39 is 0 Å². The number of rotatable bonds is 3. The van der Waals surface area contributed by atoms with Crippen LogP contribution in [-0.4, -0.2) is 9.55 Å². The van der Waals surface area contributed by atoms with Crippen molar-refractivity contribution in [2.24, 2.45) is 7.05 Å². The van der Waals surface area contributed by atoms with Crippen LogP contribution in [0, 0.1) is 5.82 Å². The summed E-state index contributed by atoms with van der Waals surface area (Å²) in [6, 6.07) is 11.4. The molecule has 4 rings (SSSR count). The van der Waals surface area contributed by atoms with Crippen molar-refractivity contribution in [3.63, 3.8) is 0 Å². The van der Waals surface area contributed by atoms with Gasteiger partial charge in [-0.25, -0.2) is 9.37 Å². The third kappa shape index (κ3) is 2.81. The number of thiophene rings is 1. The molecule has 0 radical (unpaired) electrons. The first-order chi connectivity index (χ1) is 12.1. The van der Waals surface area contributed by atoms with Crippen molar-refractivity contribution in [2.75, 3.05) is 0 Å². The van der Waals surface area contributed by atoms with Crippen LogP contribution >= 0.6 is 11.3 Å². The Hall–Kier alpha value is -2.99. The number of aryl methyl sites for hydroxylation is 1. The molecule has 4 nitrogen and oxygen atoms in total. The first-order valence-corrected chi connectivity index (χ1v) is 8.47. The average Bonchev–Trinajstić information content (AvgIpc) is 3.11. The normalized spacial score (nSPS) is 11.0. The molecule has 0 aliphatic rings. The quantitative estimate of drug-likeness (QED) is 0.541. The van der Waals surface area contributed by atoms with Gasteiger partial charge in [0.1, 0.15) is 16.3 Å². The maximum absolute atomic E-state index is 13.1. The highest BCUT2D eigenvalue weighted by atomic mass is 32.1. The van der Waals surface area contributed by atoms with Gasteiger partial charge in [0.05, 0.1) is 0 Å². The fraction of sp³-hybridized carbons (Fsp3) is 0.0526. The van der Waals surface area contributed by atoms with E-state index in [-0.39, 0.29) is 11.4 Å². The van der Waals surface area contributed by atoms with Crippen molar-refractivity contribution in [1.82, 2.24) is 9.55 Å². The van der Waals surface area contributed by atoms with Crippen LogP contribution in [-0.2, 0) is 7.05 Å². The molecule has 0 aliphatic carbocycles. The van der Waals surface area contributed by atoms with Crippen molar-refractivity contribution in [1.29, 1.82) is 0 Å². The highest BCUT2D eigenvalue weighted by Gasteiger charge is 2.15. The van der Waals surface area contributed by atoms with Crippen LogP contribution in [0.2, 0.25) is 0 Å². The van der Waals surface area contributed by atoms with E-state index in [4.69, 9.17) is 4.74 Å². The summed E-state index contributed by atoms with van der Waals surface area (Å²) in [5.74, 6) is 0.569. The molecule has 0 amide bonds. The van der Waals surface area contributed by atoms with Crippen molar-refractivity contribution in [3.05, 3.63) is 76.4 Å². The number of hydrogen-bond donors (Lipinski definition) is 0. The van der Waals surface area contributed by atoms with Gasteiger partial charge in [-0.3, -0.25) is 4.79 Å². The molecule has 6 heteroatoms. The molecule has 0 spiro atoms. The van der Waals surface area contributed by atoms with Gasteiger partial charge in [0.2, 0.25) is 5.88 Å². The molecule has 4 aromatic rings. The molecule has 0 saturated carbocycles. The fourth-order valence-corrected chi connectivity index (χ4v) is 3.56. The molecule has 0 fully saturated rings. The van der Waals surface area contributed by atoms with E-state index in [1.165, 1.54) is 23.5 Å². The van der Waals surface area contributed by atoms with Gasteiger partial charge in [-0.15, -0.1) is 11.3 Å². The largest absolute Gasteiger partial charge is 0.438 e. The minimum absolute atomic E-state index is 0.0290. The number of halogens is 1. The highest BCUT2D eigenvalue weighted by Crippen LogP contribution is 2.35. The molecule has 3 aromatic heterocycles. The maximum atomic E-state index is 13.1. The summed E-state index contributed by atoms with van der Waals surface area (Å²) in [4.78, 5) is 16.6. The Morgan fingerprint density at radius 3 is 2.72 bits per heavy atom. The lowest BCUT2D eigenvalue weighted by Crippen LogP contribution is -2.15. The van der Waals surface area contributed by atoms with Crippen LogP contribution in [0.1, 0.15) is 0 Å². The second-order valence-electron chi connectivity index (χ2n) is 5.53. The van der Waals surface area contributed by atoms with Gasteiger partial charge in [-0.05, 0) is 47.8 Å². The summed E-state index contributed by atoms with van der Waals surface area (Å²) in [7, 11) is 1.72. The van der Waals surface area contributed by atoms with E-state index >= 15 is 0 Å². The number of fused-ring (bicyclic) bond motifs is 1. The number of nitrogens with zero attached hydrogens (tertiary/aromatic N) is 2. The summed E-state index contributed by atoms with van der Waals surface area (Å²) >= 11 is 1.41. The Balaban J connectivity index is 1.87. The number of hydrogen-bond acceptors (Lipinski definition) is 4. The molecule has 0 unspecified atom stereocenters. The van der Waals surface area contributed by atoms with Crippen LogP contribution in [0.4, 0.5) is 4.39 Å². The van der Waals surface area contributed by atoms with E-state index in [0.717, 1.165) is 16.5 Å². The predicted octanol–water partition coefficient (Wildman–Crippen LogP) is 4.59. The zero-order valence-electron chi connectivity index (χ0n) is 13.3. The number of benzene rings is 1. The van der Waals surface area contributed by atoms with Crippen LogP contribution in [0.25, 0.3) is 21.2 Å². The van der Waals surface area contributed by atoms with Crippen molar-refractivity contribution >= 4 is 21.4 Å². The molecule has 0 atom stereocenters. The molecule has 0 saturated heterocycles. The number of aromatic nitrogens is 2. The Morgan fingerprint density at radius 2 is 1.92 bits per heavy atom. The molecule has 124 valence electrons. The SMILES string of the molecule is Cn1cc(-c2cccnc2Oc2ccc(F)cc2)c2ccsc2c1=O. The average molecular weight is 352 g/mol. The van der Waals surface area contributed by atoms with Crippen LogP contribution < -0.4 is 10.3 Å². The van der Waals surface area contributed by atoms with Gasteiger partial charge in [0, 0.05) is 36.0 Å². The monoisotopic (exact) mass is 352 g/mol. The molecule has 3 heterocycles. The minimum atomic E-state index is -0.327. The van der Waals surface area contributed by atoms with Gasteiger partial charge in [0.15, 0.2) is 0 Å². The van der Waals surface area contributed by atoms with E-state index in [1.807, 2.05) is 23.6 Å². The number of pyridine rings is 2. The third-order valence-corrected chi connectivity index (χ3v) is 4.78. The summed E-state index contributed by atoms with van der Waals surface area (Å²) in [5, 5.41) is 2.76. The Morgan fingerprint density at radius 1 is 1.12 bits per heavy atom. The fourth-order valence-electron chi connectivity index (χ4n) is 2.67. The van der Waals surface area contributed by atoms with Crippen LogP contribution in [0.3, 0.4) is 0 Å². The van der Waals surface area contributed by atoms with Crippen molar-refractivity contribution in [2.45, 2.75) is 0 Å². The van der Waals surface area contributed by atoms with E-state index in [0.29, 0.717) is 16.3 Å². The predicted molar refractivity (Wildman–Crippen MR) is 96.8 cm³/mol. The lowest BCUT2D eigenvalue weighted by atomic mass is 10.1. The maximum Gasteiger partial charge on any atom is 0.268 e. The molecule has 0 bridgehead atoms. The topological polar surface area (TPSA) is 44.1 Å². The summed E-state index contributed by atoms with van der Waals surface area (Å²) in [6.45, 7) is 0. The summed E-state index contributed by atoms with van der Waals surface area (Å²) in [6.07, 6.45) is 3.42. The molecule has 0 aliphatic heterocycles. The molecule has 25 heavy (non-hydrogen) atoms. The Bertz CT molecular complexity index is 1120. The third-order valence-electron chi connectivity index (χ3n) is 3.88. The van der Waals surface area contributed by atoms with E-state index in [1.54, 1.807) is 36.1 Å². The molecular formula is C19H13FN2O2S. The number of ether oxygens (including phenoxy) is 1. The molecular weight excluding hydrogens is 339 g/mol. The van der Waals surface area contributed by atoms with Gasteiger partial charge in [0.25, 0.3) is 5.56 Å². The highest BCUT2D eigenvalue weighted by molar-refractivity contribution is 7.17. The second-order valence-corrected chi connectivity index (χ2v) is 6.45. The van der Waals surface area contributed by atoms with Gasteiger partial charge >= 0.3 is 0 Å². The van der Waals surface area contributed by atoms with Gasteiger partial charge < -0.3 is 9.30 Å². The first-order valence-electron chi connectivity index (χ1n) is 7.59. The van der Waals surface area contributed by atoms with E-state index in [2.05, 4.69) is 4.98 Å². The van der Waals surface area contributed by atoms with Gasteiger partial charge in [-0.1, -0.05) is 0 Å². The van der Waals surface area contributed by atoms with E-state index in [9.17, 15) is 9.18 Å². The zero-order valence-corrected chi connectivity index (χ0v) is 14.1. The lowest BCUT2D eigenvalue weighted by Gasteiger charge is -2.12. The zero-order chi connectivity index (χ0) is 17.4. The Kier molecular flexibility index (Phi) is 3.82. The standard InChI is InChI=1S/C19H13FN2O2S/c1-22-11-16(14-8-10-25-17(14)19(22)23)15-3-2-9-21-18(15)24-13-6-4-12(20)5-7-13/h2-11H,1H3. The molecule has 0 N–H and O–H groups in total. The smallest absolute Gasteiger partial charge is 0.268 e. The van der Waals surface area contributed by atoms with Crippen molar-refractivity contribution < 1.29 is 9.13 Å². The lowest BCUT2D eigenvalue weighted by molar-refractivity contribution is 0.463. The van der Waals surface area contributed by atoms with Crippen molar-refractivity contribution in [3.8, 4) is 22.8 Å². The minimum Gasteiger partial charge on any atom is -0.438 e. The summed E-state index contributed by atoms with van der Waals surface area (Å²) < 4.78 is 21.2. The summed E-state index contributed by atoms with van der Waals surface area (Å²) in [5.41, 5.74) is 1.60. The van der Waals surface area contributed by atoms with Crippen LogP contribution in [0.5, 0.6) is 11.6 Å². The van der Waals surface area contributed by atoms with Gasteiger partial charge in [-0.2, -0.15) is 0 Å². The molecule has 1 aromatic carbocycles.